The van der Waals surface area contributed by atoms with E-state index in [-0.39, 0.29) is 0 Å². The van der Waals surface area contributed by atoms with E-state index in [0.717, 1.165) is 37.3 Å². The number of carboxylic acids is 1. The Balaban J connectivity index is 1.96. The number of ether oxygens (including phenoxy) is 1. The average molecular weight is 295 g/mol. The maximum atomic E-state index is 11.4. The van der Waals surface area contributed by atoms with E-state index in [2.05, 4.69) is 5.32 Å². The maximum Gasteiger partial charge on any atom is 0.338 e. The largest absolute Gasteiger partial charge is 0.478 e. The average Bonchev–Trinajstić information content (AvgIpc) is 2.47. The molecule has 0 spiro atoms. The van der Waals surface area contributed by atoms with Gasteiger partial charge < -0.3 is 15.2 Å². The Bertz CT molecular complexity index is 458. The summed E-state index contributed by atoms with van der Waals surface area (Å²) in [5, 5.41) is 12.6. The fraction of sp³-hybridized carbons (Fsp3) is 0.533. The van der Waals surface area contributed by atoms with Gasteiger partial charge in [-0.2, -0.15) is 0 Å². The SMILES string of the molecule is CSc1cccc(NCCC2CCCCO2)c1C(=O)O. The Morgan fingerprint density at radius 2 is 2.35 bits per heavy atom. The number of hydrogen-bond donors (Lipinski definition) is 2. The molecule has 1 unspecified atom stereocenters. The Kier molecular flexibility index (Phi) is 5.73. The molecule has 2 N–H and O–H groups in total. The van der Waals surface area contributed by atoms with Gasteiger partial charge >= 0.3 is 5.97 Å². The van der Waals surface area contributed by atoms with Crippen molar-refractivity contribution in [3.63, 3.8) is 0 Å². The summed E-state index contributed by atoms with van der Waals surface area (Å²) in [6.07, 6.45) is 6.62. The Labute approximate surface area is 123 Å². The zero-order valence-corrected chi connectivity index (χ0v) is 12.5. The van der Waals surface area contributed by atoms with Gasteiger partial charge in [-0.3, -0.25) is 0 Å². The first-order valence-electron chi connectivity index (χ1n) is 6.98. The highest BCUT2D eigenvalue weighted by Crippen LogP contribution is 2.27. The van der Waals surface area contributed by atoms with Gasteiger partial charge in [-0.25, -0.2) is 4.79 Å². The van der Waals surface area contributed by atoms with Gasteiger partial charge in [0.15, 0.2) is 0 Å². The summed E-state index contributed by atoms with van der Waals surface area (Å²) in [6, 6.07) is 5.55. The van der Waals surface area contributed by atoms with Gasteiger partial charge in [0, 0.05) is 23.7 Å². The minimum absolute atomic E-state index is 0.313. The molecule has 0 aromatic heterocycles. The van der Waals surface area contributed by atoms with Gasteiger partial charge in [0.05, 0.1) is 11.7 Å². The number of aromatic carboxylic acids is 1. The van der Waals surface area contributed by atoms with Crippen molar-refractivity contribution in [2.45, 2.75) is 36.7 Å². The van der Waals surface area contributed by atoms with Crippen LogP contribution in [0.15, 0.2) is 23.1 Å². The Hall–Kier alpha value is -1.20. The van der Waals surface area contributed by atoms with Crippen LogP contribution in [0.2, 0.25) is 0 Å². The highest BCUT2D eigenvalue weighted by molar-refractivity contribution is 7.98. The van der Waals surface area contributed by atoms with Crippen molar-refractivity contribution in [3.05, 3.63) is 23.8 Å². The van der Waals surface area contributed by atoms with Gasteiger partial charge in [0.25, 0.3) is 0 Å². The molecule has 0 aliphatic carbocycles. The predicted molar refractivity (Wildman–Crippen MR) is 81.9 cm³/mol. The van der Waals surface area contributed by atoms with Crippen molar-refractivity contribution in [2.24, 2.45) is 0 Å². The summed E-state index contributed by atoms with van der Waals surface area (Å²) in [5.41, 5.74) is 1.06. The quantitative estimate of drug-likeness (QED) is 0.787. The fourth-order valence-corrected chi connectivity index (χ4v) is 3.09. The molecule has 0 radical (unpaired) electrons. The molecule has 0 bridgehead atoms. The monoisotopic (exact) mass is 295 g/mol. The second-order valence-electron chi connectivity index (χ2n) is 4.89. The minimum Gasteiger partial charge on any atom is -0.478 e. The summed E-state index contributed by atoms with van der Waals surface area (Å²) >= 11 is 1.45. The van der Waals surface area contributed by atoms with Crippen LogP contribution in [0.5, 0.6) is 0 Å². The second-order valence-corrected chi connectivity index (χ2v) is 5.74. The molecule has 1 heterocycles. The highest BCUT2D eigenvalue weighted by Gasteiger charge is 2.16. The lowest BCUT2D eigenvalue weighted by Gasteiger charge is -2.23. The fourth-order valence-electron chi connectivity index (χ4n) is 2.47. The Morgan fingerprint density at radius 1 is 1.50 bits per heavy atom. The highest BCUT2D eigenvalue weighted by atomic mass is 32.2. The molecular weight excluding hydrogens is 274 g/mol. The van der Waals surface area contributed by atoms with Crippen LogP contribution >= 0.6 is 11.8 Å². The van der Waals surface area contributed by atoms with E-state index >= 15 is 0 Å². The van der Waals surface area contributed by atoms with Crippen LogP contribution in [-0.2, 0) is 4.74 Å². The smallest absolute Gasteiger partial charge is 0.338 e. The number of anilines is 1. The topological polar surface area (TPSA) is 58.6 Å². The van der Waals surface area contributed by atoms with E-state index in [9.17, 15) is 9.90 Å². The van der Waals surface area contributed by atoms with Crippen LogP contribution in [0, 0.1) is 0 Å². The zero-order valence-electron chi connectivity index (χ0n) is 11.7. The van der Waals surface area contributed by atoms with E-state index in [1.54, 1.807) is 0 Å². The molecule has 0 saturated carbocycles. The molecule has 20 heavy (non-hydrogen) atoms. The van der Waals surface area contributed by atoms with Crippen LogP contribution in [0.1, 0.15) is 36.0 Å². The first-order valence-corrected chi connectivity index (χ1v) is 8.20. The third-order valence-corrected chi connectivity index (χ3v) is 4.30. The van der Waals surface area contributed by atoms with Crippen molar-refractivity contribution in [2.75, 3.05) is 24.7 Å². The third-order valence-electron chi connectivity index (χ3n) is 3.52. The van der Waals surface area contributed by atoms with Gasteiger partial charge in [-0.1, -0.05) is 6.07 Å². The molecule has 1 saturated heterocycles. The number of thioether (sulfide) groups is 1. The lowest BCUT2D eigenvalue weighted by molar-refractivity contribution is 0.0134. The molecule has 2 rings (SSSR count). The number of benzene rings is 1. The van der Waals surface area contributed by atoms with Crippen molar-refractivity contribution in [1.82, 2.24) is 0 Å². The van der Waals surface area contributed by atoms with E-state index in [4.69, 9.17) is 4.74 Å². The normalized spacial score (nSPS) is 18.8. The number of rotatable bonds is 6. The zero-order chi connectivity index (χ0) is 14.4. The molecule has 1 fully saturated rings. The van der Waals surface area contributed by atoms with Gasteiger partial charge in [-0.15, -0.1) is 11.8 Å². The summed E-state index contributed by atoms with van der Waals surface area (Å²) < 4.78 is 5.68. The lowest BCUT2D eigenvalue weighted by Crippen LogP contribution is -2.22. The van der Waals surface area contributed by atoms with Crippen LogP contribution in [0.4, 0.5) is 5.69 Å². The summed E-state index contributed by atoms with van der Waals surface area (Å²) in [6.45, 7) is 1.59. The molecule has 1 atom stereocenters. The predicted octanol–water partition coefficient (Wildman–Crippen LogP) is 3.48. The van der Waals surface area contributed by atoms with Crippen molar-refractivity contribution < 1.29 is 14.6 Å². The molecule has 5 heteroatoms. The number of hydrogen-bond acceptors (Lipinski definition) is 4. The molecule has 0 amide bonds. The summed E-state index contributed by atoms with van der Waals surface area (Å²) in [5.74, 6) is -0.883. The summed E-state index contributed by atoms with van der Waals surface area (Å²) in [4.78, 5) is 12.2. The first-order chi connectivity index (χ1) is 9.72. The van der Waals surface area contributed by atoms with Gasteiger partial charge in [-0.05, 0) is 44.1 Å². The molecule has 1 aromatic carbocycles. The van der Waals surface area contributed by atoms with Crippen LogP contribution in [0.25, 0.3) is 0 Å². The van der Waals surface area contributed by atoms with Crippen LogP contribution < -0.4 is 5.32 Å². The third kappa shape index (κ3) is 3.90. The van der Waals surface area contributed by atoms with Gasteiger partial charge in [0.2, 0.25) is 0 Å². The second kappa shape index (κ2) is 7.55. The first kappa shape index (κ1) is 15.2. The Morgan fingerprint density at radius 3 is 3.00 bits per heavy atom. The molecule has 1 aromatic rings. The number of carboxylic acid groups (broad SMARTS) is 1. The minimum atomic E-state index is -0.883. The van der Waals surface area contributed by atoms with Crippen LogP contribution in [0.3, 0.4) is 0 Å². The van der Waals surface area contributed by atoms with E-state index in [0.29, 0.717) is 17.4 Å². The van der Waals surface area contributed by atoms with Crippen molar-refractivity contribution in [1.29, 1.82) is 0 Å². The van der Waals surface area contributed by atoms with E-state index < -0.39 is 5.97 Å². The maximum absolute atomic E-state index is 11.4. The van der Waals surface area contributed by atoms with Crippen LogP contribution in [-0.4, -0.2) is 36.6 Å². The lowest BCUT2D eigenvalue weighted by atomic mass is 10.1. The van der Waals surface area contributed by atoms with E-state index in [1.807, 2.05) is 24.5 Å². The number of carbonyl (C=O) groups is 1. The van der Waals surface area contributed by atoms with Crippen molar-refractivity contribution in [3.8, 4) is 0 Å². The molecular formula is C15H21NO3S. The van der Waals surface area contributed by atoms with E-state index in [1.165, 1.54) is 18.2 Å². The molecule has 1 aliphatic rings. The molecule has 110 valence electrons. The molecule has 4 nitrogen and oxygen atoms in total. The van der Waals surface area contributed by atoms with Gasteiger partial charge in [0.1, 0.15) is 0 Å². The number of nitrogens with one attached hydrogen (secondary N) is 1. The standard InChI is InChI=1S/C15H21NO3S/c1-20-13-7-4-6-12(14(13)15(17)18)16-9-8-11-5-2-3-10-19-11/h4,6-7,11,16H,2-3,5,8-10H2,1H3,(H,17,18). The molecule has 1 aliphatic heterocycles. The van der Waals surface area contributed by atoms with Crippen molar-refractivity contribution >= 4 is 23.4 Å². The summed E-state index contributed by atoms with van der Waals surface area (Å²) in [7, 11) is 0.